The monoisotopic (exact) mass is 837 g/mol. The Morgan fingerprint density at radius 3 is 2.53 bits per heavy atom. The lowest BCUT2D eigenvalue weighted by Gasteiger charge is -2.48. The third-order valence-electron chi connectivity index (χ3n) is 13.8. The van der Waals surface area contributed by atoms with Crippen molar-refractivity contribution in [3.8, 4) is 0 Å². The van der Waals surface area contributed by atoms with Gasteiger partial charge in [0.25, 0.3) is 0 Å². The summed E-state index contributed by atoms with van der Waals surface area (Å²) in [5.74, 6) is -4.04. The maximum absolute atomic E-state index is 14.9. The number of rotatable bonds is 7. The van der Waals surface area contributed by atoms with E-state index in [1.807, 2.05) is 77.9 Å². The van der Waals surface area contributed by atoms with Crippen LogP contribution in [0, 0.1) is 29.6 Å². The molecule has 0 radical (unpaired) electrons. The number of Topliss-reactive ketones (excluding diaryl/α,β-unsaturated/α-hetero) is 1. The van der Waals surface area contributed by atoms with E-state index < -0.39 is 89.6 Å². The number of carbonyl (C=O) groups excluding carboxylic acids is 3. The van der Waals surface area contributed by atoms with Crippen LogP contribution in [0.5, 0.6) is 0 Å². The molecule has 6 heterocycles. The Labute approximate surface area is 352 Å². The van der Waals surface area contributed by atoms with Crippen molar-refractivity contribution in [3.63, 3.8) is 0 Å². The Morgan fingerprint density at radius 2 is 1.80 bits per heavy atom. The normalized spacial score (nSPS) is 41.1. The molecule has 0 spiro atoms. The second-order valence-corrected chi connectivity index (χ2v) is 18.4. The smallest absolute Gasteiger partial charge is 0.411 e. The van der Waals surface area contributed by atoms with E-state index in [1.54, 1.807) is 27.0 Å². The first-order valence-electron chi connectivity index (χ1n) is 21.5. The minimum absolute atomic E-state index is 0.0280. The van der Waals surface area contributed by atoms with Crippen LogP contribution < -0.4 is 0 Å². The number of esters is 1. The fourth-order valence-corrected chi connectivity index (χ4v) is 10.5. The van der Waals surface area contributed by atoms with E-state index >= 15 is 0 Å². The molecule has 3 unspecified atom stereocenters. The molecule has 15 atom stereocenters. The average Bonchev–Trinajstić information content (AvgIpc) is 3.49. The van der Waals surface area contributed by atoms with Gasteiger partial charge in [0.15, 0.2) is 11.9 Å². The Kier molecular flexibility index (Phi) is 12.9. The molecule has 5 fully saturated rings. The highest BCUT2D eigenvalue weighted by Gasteiger charge is 2.61. The number of fused-ring (bicyclic) bond motifs is 6. The zero-order valence-electron chi connectivity index (χ0n) is 36.6. The number of benzene rings is 1. The van der Waals surface area contributed by atoms with E-state index in [0.29, 0.717) is 24.1 Å². The Balaban J connectivity index is 1.38. The molecule has 0 saturated carbocycles. The van der Waals surface area contributed by atoms with E-state index in [9.17, 15) is 19.5 Å². The summed E-state index contributed by atoms with van der Waals surface area (Å²) in [5.41, 5.74) is -0.702. The Bertz CT molecular complexity index is 1930. The molecular weight excluding hydrogens is 775 g/mol. The third kappa shape index (κ3) is 8.27. The van der Waals surface area contributed by atoms with E-state index in [2.05, 4.69) is 10.2 Å². The molecular formula is C44H63N5O11. The average molecular weight is 838 g/mol. The van der Waals surface area contributed by atoms with Crippen LogP contribution in [0.2, 0.25) is 0 Å². The van der Waals surface area contributed by atoms with Gasteiger partial charge in [-0.2, -0.15) is 10.2 Å². The first-order chi connectivity index (χ1) is 28.5. The lowest BCUT2D eigenvalue weighted by Crippen LogP contribution is -2.61. The highest BCUT2D eigenvalue weighted by molar-refractivity contribution is 5.92. The summed E-state index contributed by atoms with van der Waals surface area (Å²) in [5, 5.41) is 25.7. The molecule has 330 valence electrons. The topological polar surface area (TPSA) is 181 Å². The largest absolute Gasteiger partial charge is 0.458 e. The molecule has 1 aromatic heterocycles. The fraction of sp³-hybridized carbons (Fsp3) is 0.727. The van der Waals surface area contributed by atoms with Crippen molar-refractivity contribution < 1.29 is 52.7 Å². The summed E-state index contributed by atoms with van der Waals surface area (Å²) >= 11 is 0. The molecule has 6 bridgehead atoms. The van der Waals surface area contributed by atoms with Crippen molar-refractivity contribution in [3.05, 3.63) is 36.0 Å². The lowest BCUT2D eigenvalue weighted by atomic mass is 9.73. The van der Waals surface area contributed by atoms with E-state index in [-0.39, 0.29) is 50.7 Å². The molecule has 0 aliphatic carbocycles. The van der Waals surface area contributed by atoms with Crippen LogP contribution in [0.3, 0.4) is 0 Å². The number of carbonyl (C=O) groups is 3. The Morgan fingerprint density at radius 1 is 1.05 bits per heavy atom. The summed E-state index contributed by atoms with van der Waals surface area (Å²) in [6.07, 6.45) is -2.77. The van der Waals surface area contributed by atoms with Crippen molar-refractivity contribution in [2.24, 2.45) is 34.7 Å². The molecule has 60 heavy (non-hydrogen) atoms. The number of ketones is 1. The van der Waals surface area contributed by atoms with Crippen LogP contribution in [0.1, 0.15) is 80.2 Å². The summed E-state index contributed by atoms with van der Waals surface area (Å²) in [6, 6.07) is 6.51. The molecule has 16 nitrogen and oxygen atoms in total. The van der Waals surface area contributed by atoms with E-state index in [1.165, 1.54) is 4.90 Å². The van der Waals surface area contributed by atoms with Crippen LogP contribution in [0.4, 0.5) is 4.79 Å². The second kappa shape index (κ2) is 17.5. The van der Waals surface area contributed by atoms with Crippen LogP contribution in [0.25, 0.3) is 10.9 Å². The van der Waals surface area contributed by atoms with Gasteiger partial charge in [0.05, 0.1) is 73.1 Å². The quantitative estimate of drug-likeness (QED) is 0.303. The second-order valence-electron chi connectivity index (χ2n) is 18.4. The number of hydrogen-bond donors (Lipinski definition) is 1. The first kappa shape index (κ1) is 44.3. The number of aromatic nitrogens is 2. The van der Waals surface area contributed by atoms with Crippen LogP contribution >= 0.6 is 0 Å². The highest BCUT2D eigenvalue weighted by Crippen LogP contribution is 2.45. The number of likely N-dealkylation sites (N-methyl/N-ethyl adjacent to an activating group) is 1. The fourth-order valence-electron chi connectivity index (χ4n) is 10.5. The number of oxime groups is 1. The standard InChI is InChI=1S/C44H63N5O11/c1-11-34-44(8)38-25(4)35(50)23(2)17-43(7)39(59-41-36(51)33(48(9)10)16-24(3)57-41)26(5)37(27(6)40(52)58-34)54-20-29(21-55-43)32(19-49(38)42(53)60-44)47-56-22-28-18-45-46-31-15-13-12-14-30(28)31/h12-15,18,23-27,29,33-34,36-39,41,51H,11,16-17,19-22H2,1-10H3/b47-32-/t23-,24-,25+,26+,27-,29?,33+,34-,36-,37+,38+,39-,41+,43?,44?/m1/s1. The summed E-state index contributed by atoms with van der Waals surface area (Å²) in [7, 11) is 3.83. The minimum atomic E-state index is -1.40. The van der Waals surface area contributed by atoms with Gasteiger partial charge >= 0.3 is 12.1 Å². The van der Waals surface area contributed by atoms with Gasteiger partial charge in [-0.15, -0.1) is 0 Å². The van der Waals surface area contributed by atoms with E-state index in [4.69, 9.17) is 38.4 Å². The minimum Gasteiger partial charge on any atom is -0.458 e. The van der Waals surface area contributed by atoms with Crippen molar-refractivity contribution in [1.82, 2.24) is 20.0 Å². The number of aliphatic hydroxyl groups excluding tert-OH is 1. The highest BCUT2D eigenvalue weighted by atomic mass is 16.7. The van der Waals surface area contributed by atoms with Gasteiger partial charge in [-0.3, -0.25) is 14.5 Å². The number of amides is 1. The van der Waals surface area contributed by atoms with Gasteiger partial charge in [-0.1, -0.05) is 51.0 Å². The number of ether oxygens (including phenoxy) is 6. The zero-order valence-corrected chi connectivity index (χ0v) is 36.6. The lowest BCUT2D eigenvalue weighted by molar-refractivity contribution is -0.302. The molecule has 2 aromatic rings. The van der Waals surface area contributed by atoms with Gasteiger partial charge < -0.3 is 43.3 Å². The van der Waals surface area contributed by atoms with Crippen molar-refractivity contribution in [2.45, 2.75) is 141 Å². The van der Waals surface area contributed by atoms with Crippen LogP contribution in [-0.4, -0.2) is 143 Å². The summed E-state index contributed by atoms with van der Waals surface area (Å²) < 4.78 is 39.9. The van der Waals surface area contributed by atoms with Crippen molar-refractivity contribution in [2.75, 3.05) is 33.9 Å². The van der Waals surface area contributed by atoms with Crippen molar-refractivity contribution in [1.29, 1.82) is 0 Å². The van der Waals surface area contributed by atoms with Gasteiger partial charge in [0.2, 0.25) is 0 Å². The molecule has 1 amide bonds. The maximum atomic E-state index is 14.9. The number of nitrogens with zero attached hydrogens (tertiary/aromatic N) is 5. The third-order valence-corrected chi connectivity index (χ3v) is 13.8. The summed E-state index contributed by atoms with van der Waals surface area (Å²) in [6.45, 7) is 14.9. The van der Waals surface area contributed by atoms with Crippen molar-refractivity contribution >= 4 is 34.5 Å². The summed E-state index contributed by atoms with van der Waals surface area (Å²) in [4.78, 5) is 53.2. The van der Waals surface area contributed by atoms with Gasteiger partial charge in [-0.05, 0) is 67.1 Å². The number of aliphatic hydroxyl groups is 1. The SMILES string of the molecule is CC[C@H]1OC(=O)[C@H](C)[C@H]2OCC3COC(C)(C[C@@H](C)C(=O)[C@H](C)[C@@H]4N(C/C3=N/OCc3cnnc5ccccc35)C(=O)OC41C)[C@H](O[C@@H]1O[C@H](C)C[C@H](N(C)C)[C@H]1O)[C@H]2C. The molecule has 5 saturated heterocycles. The molecule has 7 rings (SSSR count). The maximum Gasteiger partial charge on any atom is 0.411 e. The predicted octanol–water partition coefficient (Wildman–Crippen LogP) is 4.54. The zero-order chi connectivity index (χ0) is 43.3. The van der Waals surface area contributed by atoms with Gasteiger partial charge in [-0.25, -0.2) is 4.79 Å². The van der Waals surface area contributed by atoms with Crippen LogP contribution in [-0.2, 0) is 49.5 Å². The van der Waals surface area contributed by atoms with Gasteiger partial charge in [0, 0.05) is 40.7 Å². The van der Waals surface area contributed by atoms with Crippen LogP contribution in [0.15, 0.2) is 35.6 Å². The molecule has 1 N–H and O–H groups in total. The van der Waals surface area contributed by atoms with Gasteiger partial charge in [0.1, 0.15) is 24.6 Å². The first-order valence-corrected chi connectivity index (χ1v) is 21.5. The molecule has 5 aliphatic rings. The molecule has 1 aromatic carbocycles. The number of hydrogen-bond acceptors (Lipinski definition) is 15. The number of cyclic esters (lactones) is 1. The molecule has 5 aliphatic heterocycles. The molecule has 16 heteroatoms. The predicted molar refractivity (Wildman–Crippen MR) is 218 cm³/mol. The Hall–Kier alpha value is -3.80. The van der Waals surface area contributed by atoms with E-state index in [0.717, 1.165) is 10.9 Å².